The number of likely N-dealkylation sites (tertiary alicyclic amines) is 1. The van der Waals surface area contributed by atoms with Crippen LogP contribution in [0.15, 0.2) is 42.6 Å². The zero-order chi connectivity index (χ0) is 28.4. The second-order valence-corrected chi connectivity index (χ2v) is 11.6. The fourth-order valence-electron chi connectivity index (χ4n) is 5.81. The fourth-order valence-corrected chi connectivity index (χ4v) is 6.00. The van der Waals surface area contributed by atoms with Crippen LogP contribution in [0.5, 0.6) is 0 Å². The van der Waals surface area contributed by atoms with E-state index in [1.807, 2.05) is 37.8 Å². The quantitative estimate of drug-likeness (QED) is 0.324. The van der Waals surface area contributed by atoms with Crippen molar-refractivity contribution >= 4 is 40.9 Å². The molecule has 0 aliphatic carbocycles. The molecule has 0 atom stereocenters. The van der Waals surface area contributed by atoms with Gasteiger partial charge in [-0.1, -0.05) is 35.9 Å². The molecule has 9 heteroatoms. The van der Waals surface area contributed by atoms with Crippen molar-refractivity contribution in [2.45, 2.75) is 64.7 Å². The van der Waals surface area contributed by atoms with Crippen molar-refractivity contribution in [3.8, 4) is 0 Å². The number of benzene rings is 2. The molecule has 0 bridgehead atoms. The monoisotopic (exact) mass is 560 g/mol. The zero-order valence-electron chi connectivity index (χ0n) is 23.6. The van der Waals surface area contributed by atoms with Gasteiger partial charge < -0.3 is 20.9 Å². The maximum atomic E-state index is 12.5. The first-order valence-corrected chi connectivity index (χ1v) is 14.4. The molecule has 8 nitrogen and oxygen atoms in total. The number of amides is 3. The van der Waals surface area contributed by atoms with Crippen LogP contribution >= 0.6 is 11.6 Å². The van der Waals surface area contributed by atoms with Crippen molar-refractivity contribution in [1.82, 2.24) is 20.2 Å². The van der Waals surface area contributed by atoms with Gasteiger partial charge in [-0.05, 0) is 93.7 Å². The summed E-state index contributed by atoms with van der Waals surface area (Å²) in [5.74, 6) is 0.959. The number of nitrogens with one attached hydrogen (secondary N) is 3. The average Bonchev–Trinajstić information content (AvgIpc) is 3.18. The van der Waals surface area contributed by atoms with Gasteiger partial charge in [0.1, 0.15) is 0 Å². The molecule has 3 N–H and O–H groups in total. The first-order valence-electron chi connectivity index (χ1n) is 14.0. The number of aromatic nitrogens is 2. The van der Waals surface area contributed by atoms with Crippen LogP contribution in [0.2, 0.25) is 5.02 Å². The van der Waals surface area contributed by atoms with Crippen LogP contribution in [0.4, 0.5) is 22.1 Å². The van der Waals surface area contributed by atoms with E-state index in [1.54, 1.807) is 6.20 Å². The smallest absolute Gasteiger partial charge is 0.317 e. The lowest BCUT2D eigenvalue weighted by molar-refractivity contribution is -0.119. The highest BCUT2D eigenvalue weighted by Gasteiger charge is 2.39. The number of piperidine rings is 1. The van der Waals surface area contributed by atoms with Gasteiger partial charge in [-0.25, -0.2) is 14.8 Å². The summed E-state index contributed by atoms with van der Waals surface area (Å²) in [7, 11) is 0. The van der Waals surface area contributed by atoms with Crippen molar-refractivity contribution in [2.75, 3.05) is 30.3 Å². The van der Waals surface area contributed by atoms with Gasteiger partial charge in [0, 0.05) is 31.0 Å². The van der Waals surface area contributed by atoms with E-state index in [-0.39, 0.29) is 11.9 Å². The molecule has 5 rings (SSSR count). The van der Waals surface area contributed by atoms with E-state index in [4.69, 9.17) is 16.6 Å². The van der Waals surface area contributed by atoms with Crippen molar-refractivity contribution in [2.24, 2.45) is 0 Å². The summed E-state index contributed by atoms with van der Waals surface area (Å²) < 4.78 is 0. The maximum absolute atomic E-state index is 12.5. The number of fused-ring (bicyclic) bond motifs is 1. The van der Waals surface area contributed by atoms with E-state index in [2.05, 4.69) is 52.1 Å². The third-order valence-electron chi connectivity index (χ3n) is 8.12. The second-order valence-electron chi connectivity index (χ2n) is 11.2. The lowest BCUT2D eigenvalue weighted by Gasteiger charge is -2.32. The van der Waals surface area contributed by atoms with Gasteiger partial charge in [0.25, 0.3) is 0 Å². The van der Waals surface area contributed by atoms with Crippen LogP contribution in [-0.4, -0.2) is 46.4 Å². The molecule has 40 heavy (non-hydrogen) atoms. The van der Waals surface area contributed by atoms with E-state index < -0.39 is 5.41 Å². The topological polar surface area (TPSA) is 99.3 Å². The van der Waals surface area contributed by atoms with Crippen LogP contribution in [0.1, 0.15) is 67.5 Å². The molecule has 0 radical (unpaired) electrons. The summed E-state index contributed by atoms with van der Waals surface area (Å²) in [6, 6.07) is 12.5. The molecule has 2 aliphatic rings. The van der Waals surface area contributed by atoms with Gasteiger partial charge in [-0.2, -0.15) is 0 Å². The molecule has 2 aliphatic heterocycles. The molecular formula is C31H37ClN6O2. The predicted octanol–water partition coefficient (Wildman–Crippen LogP) is 6.11. The Morgan fingerprint density at radius 2 is 1.95 bits per heavy atom. The first kappa shape index (κ1) is 27.9. The van der Waals surface area contributed by atoms with Crippen molar-refractivity contribution in [1.29, 1.82) is 0 Å². The van der Waals surface area contributed by atoms with E-state index in [1.165, 1.54) is 5.56 Å². The molecule has 2 aromatic carbocycles. The molecule has 0 unspecified atom stereocenters. The lowest BCUT2D eigenvalue weighted by atomic mass is 9.82. The van der Waals surface area contributed by atoms with Gasteiger partial charge in [-0.3, -0.25) is 4.79 Å². The van der Waals surface area contributed by atoms with Gasteiger partial charge in [0.2, 0.25) is 11.9 Å². The van der Waals surface area contributed by atoms with Crippen LogP contribution in [0.3, 0.4) is 0 Å². The average molecular weight is 561 g/mol. The molecule has 0 saturated carbocycles. The van der Waals surface area contributed by atoms with Gasteiger partial charge in [0.15, 0.2) is 0 Å². The number of anilines is 3. The number of hydrogen-bond donors (Lipinski definition) is 3. The highest BCUT2D eigenvalue weighted by molar-refractivity contribution is 6.31. The van der Waals surface area contributed by atoms with Gasteiger partial charge in [-0.15, -0.1) is 0 Å². The molecule has 1 fully saturated rings. The normalized spacial score (nSPS) is 16.4. The molecule has 3 aromatic rings. The number of halogens is 1. The van der Waals surface area contributed by atoms with E-state index in [9.17, 15) is 9.59 Å². The predicted molar refractivity (Wildman–Crippen MR) is 160 cm³/mol. The minimum absolute atomic E-state index is 0.0210. The molecule has 3 heterocycles. The SMILES string of the molecule is CCNC(=O)N1CCC(c2ccc(Nc3ncc(Cl)c(CCc4cccc5c4C(C)(C)C(=O)N5)n3)c(C)c2)CC1. The van der Waals surface area contributed by atoms with Gasteiger partial charge >= 0.3 is 6.03 Å². The van der Waals surface area contributed by atoms with Crippen molar-refractivity contribution in [3.63, 3.8) is 0 Å². The highest BCUT2D eigenvalue weighted by Crippen LogP contribution is 2.40. The summed E-state index contributed by atoms with van der Waals surface area (Å²) in [4.78, 5) is 35.7. The molecule has 1 saturated heterocycles. The Morgan fingerprint density at radius 3 is 2.67 bits per heavy atom. The van der Waals surface area contributed by atoms with E-state index in [0.717, 1.165) is 59.7 Å². The number of urea groups is 1. The zero-order valence-corrected chi connectivity index (χ0v) is 24.4. The number of nitrogens with zero attached hydrogens (tertiary/aromatic N) is 3. The Labute approximate surface area is 240 Å². The van der Waals surface area contributed by atoms with Crippen LogP contribution < -0.4 is 16.0 Å². The Balaban J connectivity index is 1.25. The highest BCUT2D eigenvalue weighted by atomic mass is 35.5. The van der Waals surface area contributed by atoms with E-state index >= 15 is 0 Å². The Bertz CT molecular complexity index is 1430. The second kappa shape index (κ2) is 11.5. The number of rotatable bonds is 7. The van der Waals surface area contributed by atoms with Crippen molar-refractivity contribution < 1.29 is 9.59 Å². The summed E-state index contributed by atoms with van der Waals surface area (Å²) in [6.07, 6.45) is 4.90. The molecule has 210 valence electrons. The molecule has 1 aromatic heterocycles. The third-order valence-corrected chi connectivity index (χ3v) is 8.43. The third kappa shape index (κ3) is 5.63. The molecular weight excluding hydrogens is 524 g/mol. The summed E-state index contributed by atoms with van der Waals surface area (Å²) in [5.41, 5.74) is 6.60. The largest absolute Gasteiger partial charge is 0.338 e. The molecule has 0 spiro atoms. The van der Waals surface area contributed by atoms with Crippen molar-refractivity contribution in [3.05, 3.63) is 75.6 Å². The number of hydrogen-bond acceptors (Lipinski definition) is 5. The van der Waals surface area contributed by atoms with E-state index in [0.29, 0.717) is 36.3 Å². The standard InChI is InChI=1S/C31H37ClN6O2/c1-5-33-30(40)38-15-13-20(14-16-38)22-10-11-24(19(2)17-22)36-29-34-18-23(32)25(37-29)12-9-21-7-6-8-26-27(21)31(3,4)28(39)35-26/h6-8,10-11,17-18,20H,5,9,12-16H2,1-4H3,(H,33,40)(H,35,39)(H,34,36,37). The summed E-state index contributed by atoms with van der Waals surface area (Å²) in [5, 5.41) is 9.78. The van der Waals surface area contributed by atoms with Crippen LogP contribution in [0.25, 0.3) is 0 Å². The first-order chi connectivity index (χ1) is 19.2. The Kier molecular flexibility index (Phi) is 7.99. The summed E-state index contributed by atoms with van der Waals surface area (Å²) >= 11 is 6.50. The molecule has 3 amide bonds. The van der Waals surface area contributed by atoms with Crippen LogP contribution in [0, 0.1) is 6.92 Å². The Hall–Kier alpha value is -3.65. The summed E-state index contributed by atoms with van der Waals surface area (Å²) in [6.45, 7) is 10.1. The Morgan fingerprint density at radius 1 is 1.18 bits per heavy atom. The maximum Gasteiger partial charge on any atom is 0.317 e. The number of aryl methyl sites for hydroxylation is 3. The lowest BCUT2D eigenvalue weighted by Crippen LogP contribution is -2.44. The van der Waals surface area contributed by atoms with Crippen LogP contribution in [-0.2, 0) is 23.1 Å². The van der Waals surface area contributed by atoms with Gasteiger partial charge in [0.05, 0.1) is 22.3 Å². The number of carbonyl (C=O) groups is 2. The fraction of sp³-hybridized carbons (Fsp3) is 0.419. The minimum Gasteiger partial charge on any atom is -0.338 e. The number of carbonyl (C=O) groups excluding carboxylic acids is 2. The minimum atomic E-state index is -0.571.